The molecule has 17 heavy (non-hydrogen) atoms. The quantitative estimate of drug-likeness (QED) is 0.797. The molecule has 0 aromatic rings. The predicted molar refractivity (Wildman–Crippen MR) is 71.7 cm³/mol. The second-order valence-electron chi connectivity index (χ2n) is 5.96. The van der Waals surface area contributed by atoms with Crippen LogP contribution in [0.2, 0.25) is 0 Å². The van der Waals surface area contributed by atoms with E-state index in [0.717, 1.165) is 19.0 Å². The van der Waals surface area contributed by atoms with Gasteiger partial charge in [0.05, 0.1) is 11.5 Å². The van der Waals surface area contributed by atoms with E-state index in [1.54, 1.807) is 0 Å². The van der Waals surface area contributed by atoms with Crippen molar-refractivity contribution in [3.63, 3.8) is 0 Å². The van der Waals surface area contributed by atoms with Crippen molar-refractivity contribution in [2.24, 2.45) is 11.3 Å². The monoisotopic (exact) mass is 237 g/mol. The van der Waals surface area contributed by atoms with Crippen molar-refractivity contribution in [1.29, 1.82) is 5.26 Å². The summed E-state index contributed by atoms with van der Waals surface area (Å²) in [6.45, 7) is 12.9. The third-order valence-electron chi connectivity index (χ3n) is 3.86. The lowest BCUT2D eigenvalue weighted by molar-refractivity contribution is 0.154. The van der Waals surface area contributed by atoms with E-state index in [1.165, 1.54) is 25.9 Å². The Morgan fingerprint density at radius 2 is 2.24 bits per heavy atom. The molecule has 3 heteroatoms. The lowest BCUT2D eigenvalue weighted by Gasteiger charge is -2.36. The van der Waals surface area contributed by atoms with Gasteiger partial charge in [-0.25, -0.2) is 0 Å². The Hall–Kier alpha value is -0.590. The van der Waals surface area contributed by atoms with Crippen LogP contribution in [-0.4, -0.2) is 37.1 Å². The summed E-state index contributed by atoms with van der Waals surface area (Å²) < 4.78 is 0. The van der Waals surface area contributed by atoms with Crippen LogP contribution < -0.4 is 5.32 Å². The van der Waals surface area contributed by atoms with Gasteiger partial charge in [0, 0.05) is 19.1 Å². The number of nitrogens with zero attached hydrogens (tertiary/aromatic N) is 2. The van der Waals surface area contributed by atoms with Crippen LogP contribution in [0.25, 0.3) is 0 Å². The van der Waals surface area contributed by atoms with Crippen LogP contribution in [0.15, 0.2) is 0 Å². The minimum Gasteiger partial charge on any atom is -0.312 e. The topological polar surface area (TPSA) is 39.1 Å². The zero-order valence-electron chi connectivity index (χ0n) is 11.8. The highest BCUT2D eigenvalue weighted by molar-refractivity contribution is 4.94. The molecule has 0 radical (unpaired) electrons. The van der Waals surface area contributed by atoms with Gasteiger partial charge >= 0.3 is 0 Å². The number of likely N-dealkylation sites (tertiary alicyclic amines) is 1. The molecule has 0 bridgehead atoms. The largest absolute Gasteiger partial charge is 0.312 e. The molecule has 1 aliphatic heterocycles. The molecule has 1 aliphatic rings. The molecule has 2 unspecified atom stereocenters. The number of nitriles is 1. The van der Waals surface area contributed by atoms with Crippen molar-refractivity contribution in [2.75, 3.05) is 26.2 Å². The van der Waals surface area contributed by atoms with Gasteiger partial charge in [0.25, 0.3) is 0 Å². The molecule has 0 aromatic heterocycles. The highest BCUT2D eigenvalue weighted by atomic mass is 15.1. The smallest absolute Gasteiger partial charge is 0.0697 e. The molecule has 1 fully saturated rings. The van der Waals surface area contributed by atoms with Crippen LogP contribution in [0.4, 0.5) is 0 Å². The first-order chi connectivity index (χ1) is 7.98. The van der Waals surface area contributed by atoms with Crippen LogP contribution >= 0.6 is 0 Å². The van der Waals surface area contributed by atoms with Gasteiger partial charge in [-0.05, 0) is 52.6 Å². The SMILES string of the molecule is CCN1CCCC(C(C)NCC(C)(C)C#N)C1. The first-order valence-electron chi connectivity index (χ1n) is 6.85. The zero-order valence-corrected chi connectivity index (χ0v) is 11.8. The van der Waals surface area contributed by atoms with Gasteiger partial charge < -0.3 is 10.2 Å². The van der Waals surface area contributed by atoms with E-state index in [2.05, 4.69) is 30.1 Å². The lowest BCUT2D eigenvalue weighted by Crippen LogP contribution is -2.46. The lowest BCUT2D eigenvalue weighted by atomic mass is 9.90. The average Bonchev–Trinajstić information content (AvgIpc) is 2.36. The molecular formula is C14H27N3. The minimum absolute atomic E-state index is 0.257. The molecular weight excluding hydrogens is 210 g/mol. The molecule has 1 rings (SSSR count). The van der Waals surface area contributed by atoms with E-state index in [0.29, 0.717) is 6.04 Å². The highest BCUT2D eigenvalue weighted by Crippen LogP contribution is 2.20. The number of hydrogen-bond donors (Lipinski definition) is 1. The number of nitrogens with one attached hydrogen (secondary N) is 1. The molecule has 1 heterocycles. The molecule has 1 N–H and O–H groups in total. The van der Waals surface area contributed by atoms with Gasteiger partial charge in [-0.2, -0.15) is 5.26 Å². The summed E-state index contributed by atoms with van der Waals surface area (Å²) in [4.78, 5) is 2.53. The van der Waals surface area contributed by atoms with Gasteiger partial charge in [-0.15, -0.1) is 0 Å². The van der Waals surface area contributed by atoms with E-state index in [1.807, 2.05) is 13.8 Å². The maximum atomic E-state index is 9.00. The summed E-state index contributed by atoms with van der Waals surface area (Å²) in [6.07, 6.45) is 2.63. The van der Waals surface area contributed by atoms with E-state index in [9.17, 15) is 0 Å². The fourth-order valence-electron chi connectivity index (χ4n) is 2.41. The fourth-order valence-corrected chi connectivity index (χ4v) is 2.41. The summed E-state index contributed by atoms with van der Waals surface area (Å²) in [5, 5.41) is 12.5. The maximum absolute atomic E-state index is 9.00. The van der Waals surface area contributed by atoms with Crippen LogP contribution in [0.1, 0.15) is 40.5 Å². The van der Waals surface area contributed by atoms with Crippen LogP contribution in [0, 0.1) is 22.7 Å². The van der Waals surface area contributed by atoms with E-state index in [-0.39, 0.29) is 5.41 Å². The highest BCUT2D eigenvalue weighted by Gasteiger charge is 2.25. The van der Waals surface area contributed by atoms with Gasteiger partial charge in [0.2, 0.25) is 0 Å². The summed E-state index contributed by atoms with van der Waals surface area (Å²) in [5.41, 5.74) is -0.257. The minimum atomic E-state index is -0.257. The van der Waals surface area contributed by atoms with Gasteiger partial charge in [0.15, 0.2) is 0 Å². The second-order valence-corrected chi connectivity index (χ2v) is 5.96. The Morgan fingerprint density at radius 1 is 1.53 bits per heavy atom. The Morgan fingerprint density at radius 3 is 2.82 bits per heavy atom. The second kappa shape index (κ2) is 6.37. The third-order valence-corrected chi connectivity index (χ3v) is 3.86. The molecule has 0 aliphatic carbocycles. The summed E-state index contributed by atoms with van der Waals surface area (Å²) in [5.74, 6) is 0.734. The number of hydrogen-bond acceptors (Lipinski definition) is 3. The van der Waals surface area contributed by atoms with Crippen LogP contribution in [0.5, 0.6) is 0 Å². The maximum Gasteiger partial charge on any atom is 0.0697 e. The van der Waals surface area contributed by atoms with Gasteiger partial charge in [-0.1, -0.05) is 6.92 Å². The van der Waals surface area contributed by atoms with E-state index < -0.39 is 0 Å². The molecule has 0 saturated carbocycles. The number of rotatable bonds is 5. The van der Waals surface area contributed by atoms with Crippen molar-refractivity contribution < 1.29 is 0 Å². The van der Waals surface area contributed by atoms with Crippen LogP contribution in [0.3, 0.4) is 0 Å². The molecule has 1 saturated heterocycles. The first kappa shape index (κ1) is 14.5. The van der Waals surface area contributed by atoms with Gasteiger partial charge in [0.1, 0.15) is 0 Å². The van der Waals surface area contributed by atoms with Crippen molar-refractivity contribution in [2.45, 2.75) is 46.6 Å². The Bertz CT molecular complexity index is 267. The van der Waals surface area contributed by atoms with E-state index >= 15 is 0 Å². The molecule has 0 aromatic carbocycles. The molecule has 98 valence electrons. The van der Waals surface area contributed by atoms with E-state index in [4.69, 9.17) is 5.26 Å². The van der Waals surface area contributed by atoms with Crippen LogP contribution in [-0.2, 0) is 0 Å². The molecule has 0 amide bonds. The average molecular weight is 237 g/mol. The summed E-state index contributed by atoms with van der Waals surface area (Å²) in [6, 6.07) is 2.86. The van der Waals surface area contributed by atoms with Crippen molar-refractivity contribution in [3.8, 4) is 6.07 Å². The van der Waals surface area contributed by atoms with Crippen molar-refractivity contribution >= 4 is 0 Å². The summed E-state index contributed by atoms with van der Waals surface area (Å²) >= 11 is 0. The predicted octanol–water partition coefficient (Wildman–Crippen LogP) is 2.25. The molecule has 3 nitrogen and oxygen atoms in total. The normalized spacial score (nSPS) is 24.3. The zero-order chi connectivity index (χ0) is 12.9. The summed E-state index contributed by atoms with van der Waals surface area (Å²) in [7, 11) is 0. The van der Waals surface area contributed by atoms with Crippen molar-refractivity contribution in [3.05, 3.63) is 0 Å². The molecule has 2 atom stereocenters. The Labute approximate surface area is 106 Å². The molecule has 0 spiro atoms. The third kappa shape index (κ3) is 4.65. The standard InChI is InChI=1S/C14H27N3/c1-5-17-8-6-7-13(9-17)12(2)16-11-14(3,4)10-15/h12-13,16H,5-9,11H2,1-4H3. The fraction of sp³-hybridized carbons (Fsp3) is 0.929. The number of piperidine rings is 1. The Balaban J connectivity index is 2.37. The van der Waals surface area contributed by atoms with Crippen molar-refractivity contribution in [1.82, 2.24) is 10.2 Å². The first-order valence-corrected chi connectivity index (χ1v) is 6.85. The Kier molecular flexibility index (Phi) is 5.42. The van der Waals surface area contributed by atoms with Gasteiger partial charge in [-0.3, -0.25) is 0 Å².